The van der Waals surface area contributed by atoms with Crippen LogP contribution in [0, 0.1) is 6.92 Å². The van der Waals surface area contributed by atoms with Crippen molar-refractivity contribution in [3.63, 3.8) is 0 Å². The van der Waals surface area contributed by atoms with Crippen molar-refractivity contribution in [2.45, 2.75) is 20.4 Å². The predicted molar refractivity (Wildman–Crippen MR) is 128 cm³/mol. The van der Waals surface area contributed by atoms with Crippen LogP contribution in [0.1, 0.15) is 18.1 Å². The van der Waals surface area contributed by atoms with Crippen LogP contribution < -0.4 is 16.1 Å². The lowest BCUT2D eigenvalue weighted by molar-refractivity contribution is -0.118. The van der Waals surface area contributed by atoms with Gasteiger partial charge < -0.3 is 15.1 Å². The van der Waals surface area contributed by atoms with Crippen molar-refractivity contribution in [2.75, 3.05) is 13.1 Å². The molecule has 0 radical (unpaired) electrons. The molecule has 3 aromatic carbocycles. The minimum atomic E-state index is -0.0640. The number of carbonyl (C=O) groups is 1. The molecule has 32 heavy (non-hydrogen) atoms. The molecule has 1 amide bonds. The summed E-state index contributed by atoms with van der Waals surface area (Å²) in [4.78, 5) is 23.8. The van der Waals surface area contributed by atoms with Crippen molar-refractivity contribution in [2.24, 2.45) is 0 Å². The van der Waals surface area contributed by atoms with Gasteiger partial charge in [0.05, 0.1) is 5.39 Å². The summed E-state index contributed by atoms with van der Waals surface area (Å²) in [5.74, 6) is 0.523. The second-order valence-corrected chi connectivity index (χ2v) is 7.81. The van der Waals surface area contributed by atoms with Gasteiger partial charge >= 0.3 is 0 Å². The van der Waals surface area contributed by atoms with Gasteiger partial charge in [0.25, 0.3) is 0 Å². The minimum Gasteiger partial charge on any atom is -0.456 e. The monoisotopic (exact) mass is 426 g/mol. The molecule has 162 valence electrons. The van der Waals surface area contributed by atoms with Crippen molar-refractivity contribution < 1.29 is 9.21 Å². The lowest BCUT2D eigenvalue weighted by Crippen LogP contribution is -2.29. The van der Waals surface area contributed by atoms with Crippen LogP contribution in [0.5, 0.6) is 0 Å². The molecule has 0 saturated heterocycles. The Kier molecular flexibility index (Phi) is 6.47. The van der Waals surface area contributed by atoms with Crippen LogP contribution in [-0.4, -0.2) is 19.0 Å². The highest BCUT2D eigenvalue weighted by Crippen LogP contribution is 2.32. The Morgan fingerprint density at radius 3 is 2.47 bits per heavy atom. The zero-order chi connectivity index (χ0) is 22.5. The summed E-state index contributed by atoms with van der Waals surface area (Å²) >= 11 is 0. The molecular formula is C27H26N2O3. The Labute approximate surface area is 187 Å². The predicted octanol–water partition coefficient (Wildman–Crippen LogP) is 4.66. The number of benzene rings is 3. The molecule has 0 bridgehead atoms. The van der Waals surface area contributed by atoms with Crippen molar-refractivity contribution in [3.05, 3.63) is 94.1 Å². The Morgan fingerprint density at radius 1 is 0.906 bits per heavy atom. The zero-order valence-corrected chi connectivity index (χ0v) is 18.3. The number of nitrogens with one attached hydrogen (secondary N) is 2. The van der Waals surface area contributed by atoms with Gasteiger partial charge in [0.15, 0.2) is 5.43 Å². The summed E-state index contributed by atoms with van der Waals surface area (Å²) < 4.78 is 6.16. The Bertz CT molecular complexity index is 1310. The minimum absolute atomic E-state index is 0.0459. The molecule has 0 unspecified atom stereocenters. The average Bonchev–Trinajstić information content (AvgIpc) is 2.79. The van der Waals surface area contributed by atoms with Gasteiger partial charge in [-0.1, -0.05) is 54.6 Å². The van der Waals surface area contributed by atoms with Gasteiger partial charge in [-0.15, -0.1) is 0 Å². The first-order valence-electron chi connectivity index (χ1n) is 10.7. The van der Waals surface area contributed by atoms with Crippen LogP contribution in [0.4, 0.5) is 0 Å². The molecule has 0 atom stereocenters. The smallest absolute Gasteiger partial charge is 0.216 e. The molecule has 0 fully saturated rings. The van der Waals surface area contributed by atoms with E-state index in [0.717, 1.165) is 27.8 Å². The van der Waals surface area contributed by atoms with Crippen LogP contribution in [0.25, 0.3) is 33.4 Å². The molecule has 0 spiro atoms. The van der Waals surface area contributed by atoms with Crippen molar-refractivity contribution in [3.8, 4) is 22.5 Å². The van der Waals surface area contributed by atoms with Gasteiger partial charge in [-0.05, 0) is 41.3 Å². The molecule has 0 aliphatic heterocycles. The van der Waals surface area contributed by atoms with E-state index < -0.39 is 0 Å². The first kappa shape index (κ1) is 21.5. The third-order valence-electron chi connectivity index (χ3n) is 5.48. The Hall–Kier alpha value is -3.70. The molecule has 2 N–H and O–H groups in total. The number of carbonyl (C=O) groups excluding carboxylic acids is 1. The fourth-order valence-corrected chi connectivity index (χ4v) is 3.84. The summed E-state index contributed by atoms with van der Waals surface area (Å²) in [6.45, 7) is 5.38. The summed E-state index contributed by atoms with van der Waals surface area (Å²) in [6.07, 6.45) is 0. The molecule has 0 saturated carbocycles. The largest absolute Gasteiger partial charge is 0.456 e. The molecular weight excluding hydrogens is 400 g/mol. The maximum atomic E-state index is 12.9. The summed E-state index contributed by atoms with van der Waals surface area (Å²) in [5.41, 5.74) is 5.72. The summed E-state index contributed by atoms with van der Waals surface area (Å²) in [7, 11) is 0. The summed E-state index contributed by atoms with van der Waals surface area (Å²) in [6, 6.07) is 23.5. The van der Waals surface area contributed by atoms with Crippen molar-refractivity contribution >= 4 is 16.9 Å². The molecule has 5 heteroatoms. The topological polar surface area (TPSA) is 71.3 Å². The van der Waals surface area contributed by atoms with Crippen LogP contribution in [0.3, 0.4) is 0 Å². The number of hydrogen-bond donors (Lipinski definition) is 2. The highest BCUT2D eigenvalue weighted by molar-refractivity contribution is 5.81. The van der Waals surface area contributed by atoms with E-state index >= 15 is 0 Å². The molecule has 1 heterocycles. The maximum Gasteiger partial charge on any atom is 0.216 e. The zero-order valence-electron chi connectivity index (χ0n) is 18.3. The fourth-order valence-electron chi connectivity index (χ4n) is 3.84. The van der Waals surface area contributed by atoms with Crippen LogP contribution >= 0.6 is 0 Å². The maximum absolute atomic E-state index is 12.9. The van der Waals surface area contributed by atoms with E-state index in [1.807, 2.05) is 48.5 Å². The highest BCUT2D eigenvalue weighted by Gasteiger charge is 2.12. The lowest BCUT2D eigenvalue weighted by atomic mass is 9.95. The third kappa shape index (κ3) is 4.79. The van der Waals surface area contributed by atoms with E-state index in [2.05, 4.69) is 35.8 Å². The molecule has 5 nitrogen and oxygen atoms in total. The van der Waals surface area contributed by atoms with Gasteiger partial charge in [-0.2, -0.15) is 0 Å². The van der Waals surface area contributed by atoms with E-state index in [9.17, 15) is 9.59 Å². The lowest BCUT2D eigenvalue weighted by Gasteiger charge is -2.12. The van der Waals surface area contributed by atoms with E-state index in [0.29, 0.717) is 36.4 Å². The van der Waals surface area contributed by atoms with E-state index in [4.69, 9.17) is 4.42 Å². The Balaban J connectivity index is 1.61. The normalized spacial score (nSPS) is 10.9. The molecule has 0 aliphatic rings. The molecule has 4 rings (SSSR count). The standard InChI is InChI=1S/C27H26N2O3/c1-18-22(21-7-4-3-5-8-21)9-6-10-23(18)27-16-25(31)24-15-20(11-12-26(24)32-27)17-28-13-14-29-19(2)30/h3-12,15-16,28H,13-14,17H2,1-2H3,(H,29,30). The van der Waals surface area contributed by atoms with Crippen LogP contribution in [0.2, 0.25) is 0 Å². The van der Waals surface area contributed by atoms with E-state index in [1.165, 1.54) is 6.92 Å². The summed E-state index contributed by atoms with van der Waals surface area (Å²) in [5, 5.41) is 6.57. The molecule has 0 aliphatic carbocycles. The van der Waals surface area contributed by atoms with Gasteiger partial charge in [0.1, 0.15) is 11.3 Å². The van der Waals surface area contributed by atoms with Crippen molar-refractivity contribution in [1.82, 2.24) is 10.6 Å². The van der Waals surface area contributed by atoms with Crippen LogP contribution in [-0.2, 0) is 11.3 Å². The van der Waals surface area contributed by atoms with Gasteiger partial charge in [-0.3, -0.25) is 9.59 Å². The first-order chi connectivity index (χ1) is 15.5. The van der Waals surface area contributed by atoms with Gasteiger partial charge in [0, 0.05) is 38.2 Å². The second kappa shape index (κ2) is 9.62. The molecule has 1 aromatic heterocycles. The first-order valence-corrected chi connectivity index (χ1v) is 10.7. The number of rotatable bonds is 7. The van der Waals surface area contributed by atoms with E-state index in [1.54, 1.807) is 6.07 Å². The molecule has 4 aromatic rings. The fraction of sp³-hybridized carbons (Fsp3) is 0.185. The van der Waals surface area contributed by atoms with Crippen LogP contribution in [0.15, 0.2) is 82.0 Å². The number of hydrogen-bond acceptors (Lipinski definition) is 4. The van der Waals surface area contributed by atoms with Crippen molar-refractivity contribution in [1.29, 1.82) is 0 Å². The van der Waals surface area contributed by atoms with E-state index in [-0.39, 0.29) is 11.3 Å². The Morgan fingerprint density at radius 2 is 1.69 bits per heavy atom. The SMILES string of the molecule is CC(=O)NCCNCc1ccc2oc(-c3cccc(-c4ccccc4)c3C)cc(=O)c2c1. The second-order valence-electron chi connectivity index (χ2n) is 7.81. The highest BCUT2D eigenvalue weighted by atomic mass is 16.3. The quantitative estimate of drug-likeness (QED) is 0.422. The number of fused-ring (bicyclic) bond motifs is 1. The number of amides is 1. The third-order valence-corrected chi connectivity index (χ3v) is 5.48. The van der Waals surface area contributed by atoms with Gasteiger partial charge in [-0.25, -0.2) is 0 Å². The van der Waals surface area contributed by atoms with Gasteiger partial charge in [0.2, 0.25) is 5.91 Å². The average molecular weight is 427 g/mol.